The van der Waals surface area contributed by atoms with E-state index in [9.17, 15) is 19.7 Å². The van der Waals surface area contributed by atoms with Gasteiger partial charge in [0.05, 0.1) is 10.6 Å². The van der Waals surface area contributed by atoms with Crippen molar-refractivity contribution in [3.63, 3.8) is 0 Å². The molecule has 1 atom stereocenters. The van der Waals surface area contributed by atoms with Gasteiger partial charge in [-0.2, -0.15) is 0 Å². The van der Waals surface area contributed by atoms with E-state index in [-0.39, 0.29) is 18.7 Å². The van der Waals surface area contributed by atoms with Gasteiger partial charge in [-0.05, 0) is 18.1 Å². The molecule has 0 radical (unpaired) electrons. The zero-order valence-corrected chi connectivity index (χ0v) is 17.4. The van der Waals surface area contributed by atoms with Crippen molar-refractivity contribution in [3.8, 4) is 0 Å². The summed E-state index contributed by atoms with van der Waals surface area (Å²) in [6, 6.07) is 14.0. The van der Waals surface area contributed by atoms with Gasteiger partial charge in [0.1, 0.15) is 12.6 Å². The Labute approximate surface area is 182 Å². The molecule has 0 bridgehead atoms. The van der Waals surface area contributed by atoms with Gasteiger partial charge in [0.25, 0.3) is 5.69 Å². The van der Waals surface area contributed by atoms with E-state index in [2.05, 4.69) is 15.6 Å². The number of hydrogen-bond donors (Lipinski definition) is 2. The van der Waals surface area contributed by atoms with E-state index in [1.807, 2.05) is 30.3 Å². The normalized spacial score (nSPS) is 11.4. The summed E-state index contributed by atoms with van der Waals surface area (Å²) in [5, 5.41) is 18.3. The first-order valence-electron chi connectivity index (χ1n) is 9.34. The summed E-state index contributed by atoms with van der Waals surface area (Å²) >= 11 is 1.27. The van der Waals surface area contributed by atoms with Crippen LogP contribution in [0.1, 0.15) is 16.8 Å². The van der Waals surface area contributed by atoms with Gasteiger partial charge in [-0.1, -0.05) is 42.5 Å². The van der Waals surface area contributed by atoms with Crippen molar-refractivity contribution in [1.29, 1.82) is 0 Å². The van der Waals surface area contributed by atoms with E-state index in [1.165, 1.54) is 23.5 Å². The van der Waals surface area contributed by atoms with Crippen LogP contribution in [0.2, 0.25) is 0 Å². The number of rotatable bonds is 8. The number of anilines is 1. The molecule has 160 valence electrons. The molecule has 0 saturated heterocycles. The van der Waals surface area contributed by atoms with Crippen LogP contribution in [0.5, 0.6) is 0 Å². The second kappa shape index (κ2) is 10.3. The third kappa shape index (κ3) is 6.61. The molecule has 0 saturated carbocycles. The monoisotopic (exact) mass is 440 g/mol. The number of aromatic nitrogens is 1. The smallest absolute Gasteiger partial charge is 0.408 e. The lowest BCUT2D eigenvalue weighted by Crippen LogP contribution is -2.45. The summed E-state index contributed by atoms with van der Waals surface area (Å²) in [6.45, 7) is 1.87. The molecular weight excluding hydrogens is 420 g/mol. The minimum atomic E-state index is -0.964. The SMILES string of the molecule is Cc1csc(NC(=O)C(Cc2ccc([N+](=O)[O-])cc2)NC(=O)OCc2ccccc2)n1. The van der Waals surface area contributed by atoms with Crippen molar-refractivity contribution in [3.05, 3.63) is 86.9 Å². The van der Waals surface area contributed by atoms with Crippen LogP contribution in [0.3, 0.4) is 0 Å². The van der Waals surface area contributed by atoms with Crippen LogP contribution >= 0.6 is 11.3 Å². The first-order chi connectivity index (χ1) is 14.9. The number of benzene rings is 2. The number of alkyl carbamates (subject to hydrolysis) is 1. The largest absolute Gasteiger partial charge is 0.445 e. The van der Waals surface area contributed by atoms with Gasteiger partial charge in [-0.15, -0.1) is 11.3 Å². The van der Waals surface area contributed by atoms with Crippen molar-refractivity contribution in [2.45, 2.75) is 26.0 Å². The molecule has 0 spiro atoms. The average Bonchev–Trinajstić information content (AvgIpc) is 3.17. The Morgan fingerprint density at radius 2 is 1.84 bits per heavy atom. The van der Waals surface area contributed by atoms with Crippen LogP contribution in [0.15, 0.2) is 60.0 Å². The van der Waals surface area contributed by atoms with Crippen molar-refractivity contribution in [2.24, 2.45) is 0 Å². The fourth-order valence-corrected chi connectivity index (χ4v) is 3.40. The highest BCUT2D eigenvalue weighted by Crippen LogP contribution is 2.17. The van der Waals surface area contributed by atoms with E-state index in [0.29, 0.717) is 10.7 Å². The Bertz CT molecular complexity index is 1050. The van der Waals surface area contributed by atoms with Gasteiger partial charge in [0.2, 0.25) is 5.91 Å². The molecule has 1 unspecified atom stereocenters. The molecule has 3 aromatic rings. The van der Waals surface area contributed by atoms with Gasteiger partial charge < -0.3 is 15.4 Å². The summed E-state index contributed by atoms with van der Waals surface area (Å²) in [6.07, 6.45) is -0.629. The Balaban J connectivity index is 1.68. The number of ether oxygens (including phenoxy) is 1. The third-order valence-electron chi connectivity index (χ3n) is 4.26. The Morgan fingerprint density at radius 1 is 1.13 bits per heavy atom. The number of nitro benzene ring substituents is 1. The predicted molar refractivity (Wildman–Crippen MR) is 116 cm³/mol. The number of thiazole rings is 1. The molecule has 2 N–H and O–H groups in total. The summed E-state index contributed by atoms with van der Waals surface area (Å²) in [4.78, 5) is 39.6. The number of carbonyl (C=O) groups excluding carboxylic acids is 2. The topological polar surface area (TPSA) is 123 Å². The van der Waals surface area contributed by atoms with Crippen molar-refractivity contribution < 1.29 is 19.2 Å². The fourth-order valence-electron chi connectivity index (χ4n) is 2.71. The molecular formula is C21H20N4O5S. The number of nitro groups is 1. The van der Waals surface area contributed by atoms with E-state index in [1.54, 1.807) is 24.4 Å². The Morgan fingerprint density at radius 3 is 2.45 bits per heavy atom. The number of aryl methyl sites for hydroxylation is 1. The van der Waals surface area contributed by atoms with Crippen LogP contribution in [0, 0.1) is 17.0 Å². The summed E-state index contributed by atoms with van der Waals surface area (Å²) in [5.74, 6) is -0.468. The number of hydrogen-bond acceptors (Lipinski definition) is 7. The molecule has 1 aromatic heterocycles. The van der Waals surface area contributed by atoms with Crippen LogP contribution in [0.25, 0.3) is 0 Å². The molecule has 3 rings (SSSR count). The lowest BCUT2D eigenvalue weighted by Gasteiger charge is -2.18. The van der Waals surface area contributed by atoms with Crippen LogP contribution < -0.4 is 10.6 Å². The lowest BCUT2D eigenvalue weighted by molar-refractivity contribution is -0.384. The Hall–Kier alpha value is -3.79. The molecule has 10 heteroatoms. The van der Waals surface area contributed by atoms with Gasteiger partial charge in [0.15, 0.2) is 5.13 Å². The molecule has 0 aliphatic carbocycles. The minimum absolute atomic E-state index is 0.0572. The highest BCUT2D eigenvalue weighted by Gasteiger charge is 2.23. The maximum absolute atomic E-state index is 12.8. The molecule has 2 amide bonds. The summed E-state index contributed by atoms with van der Waals surface area (Å²) in [7, 11) is 0. The van der Waals surface area contributed by atoms with E-state index >= 15 is 0 Å². The maximum atomic E-state index is 12.8. The van der Waals surface area contributed by atoms with Crippen LogP contribution in [-0.4, -0.2) is 27.9 Å². The van der Waals surface area contributed by atoms with Crippen LogP contribution in [-0.2, 0) is 22.6 Å². The second-order valence-electron chi connectivity index (χ2n) is 6.67. The van der Waals surface area contributed by atoms with Crippen molar-refractivity contribution in [1.82, 2.24) is 10.3 Å². The summed E-state index contributed by atoms with van der Waals surface area (Å²) < 4.78 is 5.22. The van der Waals surface area contributed by atoms with Gasteiger partial charge in [0, 0.05) is 23.9 Å². The summed E-state index contributed by atoms with van der Waals surface area (Å²) in [5.41, 5.74) is 2.16. The lowest BCUT2D eigenvalue weighted by atomic mass is 10.1. The standard InChI is InChI=1S/C21H20N4O5S/c1-14-13-31-20(22-14)24-19(26)18(11-15-7-9-17(10-8-15)25(28)29)23-21(27)30-12-16-5-3-2-4-6-16/h2-10,13,18H,11-12H2,1H3,(H,23,27)(H,22,24,26). The molecule has 0 aliphatic rings. The van der Waals surface area contributed by atoms with E-state index in [0.717, 1.165) is 11.3 Å². The third-order valence-corrected chi connectivity index (χ3v) is 5.13. The van der Waals surface area contributed by atoms with Crippen LogP contribution in [0.4, 0.5) is 15.6 Å². The van der Waals surface area contributed by atoms with Crippen molar-refractivity contribution in [2.75, 3.05) is 5.32 Å². The van der Waals surface area contributed by atoms with Gasteiger partial charge in [-0.3, -0.25) is 14.9 Å². The molecule has 1 heterocycles. The average molecular weight is 440 g/mol. The van der Waals surface area contributed by atoms with E-state index in [4.69, 9.17) is 4.74 Å². The molecule has 0 fully saturated rings. The number of carbonyl (C=O) groups is 2. The molecule has 0 aliphatic heterocycles. The van der Waals surface area contributed by atoms with E-state index < -0.39 is 23.0 Å². The zero-order chi connectivity index (χ0) is 22.2. The number of nitrogens with zero attached hydrogens (tertiary/aromatic N) is 2. The molecule has 31 heavy (non-hydrogen) atoms. The predicted octanol–water partition coefficient (Wildman–Crippen LogP) is 3.84. The fraction of sp³-hybridized carbons (Fsp3) is 0.190. The highest BCUT2D eigenvalue weighted by molar-refractivity contribution is 7.13. The minimum Gasteiger partial charge on any atom is -0.445 e. The molecule has 2 aromatic carbocycles. The van der Waals surface area contributed by atoms with Gasteiger partial charge in [-0.25, -0.2) is 9.78 Å². The highest BCUT2D eigenvalue weighted by atomic mass is 32.1. The quantitative estimate of drug-likeness (QED) is 0.405. The Kier molecular flexibility index (Phi) is 7.28. The number of amides is 2. The van der Waals surface area contributed by atoms with Gasteiger partial charge >= 0.3 is 6.09 Å². The second-order valence-corrected chi connectivity index (χ2v) is 7.53. The maximum Gasteiger partial charge on any atom is 0.408 e. The zero-order valence-electron chi connectivity index (χ0n) is 16.6. The number of nitrogens with one attached hydrogen (secondary N) is 2. The first kappa shape index (κ1) is 21.9. The number of non-ortho nitro benzene ring substituents is 1. The van der Waals surface area contributed by atoms with Crippen molar-refractivity contribution >= 4 is 34.2 Å². The molecule has 9 nitrogen and oxygen atoms in total. The first-order valence-corrected chi connectivity index (χ1v) is 10.2.